The molecular formula is C29H28N8O3S. The molecule has 1 fully saturated rings. The molecule has 208 valence electrons. The number of aromatic nitrogens is 5. The average Bonchev–Trinajstić information content (AvgIpc) is 3.62. The fourth-order valence-corrected chi connectivity index (χ4v) is 6.15. The molecule has 1 amide bonds. The fourth-order valence-electron chi connectivity index (χ4n) is 4.88. The van der Waals surface area contributed by atoms with Gasteiger partial charge in [-0.2, -0.15) is 15.5 Å². The number of anilines is 1. The summed E-state index contributed by atoms with van der Waals surface area (Å²) in [7, 11) is -1.34. The van der Waals surface area contributed by atoms with Crippen LogP contribution in [0.3, 0.4) is 0 Å². The van der Waals surface area contributed by atoms with Crippen LogP contribution in [0.1, 0.15) is 45.9 Å². The molecule has 0 aliphatic carbocycles. The first-order valence-electron chi connectivity index (χ1n) is 12.9. The van der Waals surface area contributed by atoms with Gasteiger partial charge in [-0.15, -0.1) is 0 Å². The van der Waals surface area contributed by atoms with Crippen molar-refractivity contribution in [3.63, 3.8) is 0 Å². The van der Waals surface area contributed by atoms with Crippen LogP contribution < -0.4 is 5.32 Å². The number of amides is 1. The van der Waals surface area contributed by atoms with E-state index in [9.17, 15) is 14.3 Å². The standard InChI is InChI=1S/C29H26N8O2S.H2O/c1-20-6-8-23(9-7-20)37-27(33-29(38)25-19-32-36-13-3-12-31-28(25)36)17-26(34-37)22-10-14-35(15-11-22)40(39)24-5-2-4-21(16-24)18-30;/h2-9,12-13,16-17,19,22H,10-11,14-15H2,1H3,(H,33,38);1H2. The molecule has 1 atom stereocenters. The minimum absolute atomic E-state index is 0. The fraction of sp³-hybridized carbons (Fsp3) is 0.207. The van der Waals surface area contributed by atoms with Crippen molar-refractivity contribution in [3.05, 3.63) is 102 Å². The van der Waals surface area contributed by atoms with Crippen molar-refractivity contribution < 1.29 is 14.5 Å². The van der Waals surface area contributed by atoms with E-state index in [-0.39, 0.29) is 17.3 Å². The van der Waals surface area contributed by atoms with Crippen LogP contribution in [0.4, 0.5) is 5.82 Å². The van der Waals surface area contributed by atoms with Gasteiger partial charge >= 0.3 is 0 Å². The van der Waals surface area contributed by atoms with Crippen molar-refractivity contribution >= 4 is 28.4 Å². The van der Waals surface area contributed by atoms with Gasteiger partial charge in [0.05, 0.1) is 34.1 Å². The highest BCUT2D eigenvalue weighted by atomic mass is 32.2. The van der Waals surface area contributed by atoms with Crippen LogP contribution in [0.25, 0.3) is 11.3 Å². The number of hydrogen-bond acceptors (Lipinski definition) is 6. The number of nitrogens with zero attached hydrogens (tertiary/aromatic N) is 7. The Morgan fingerprint density at radius 2 is 1.88 bits per heavy atom. The third-order valence-corrected chi connectivity index (χ3v) is 8.54. The van der Waals surface area contributed by atoms with E-state index >= 15 is 0 Å². The van der Waals surface area contributed by atoms with Crippen LogP contribution in [0, 0.1) is 18.3 Å². The van der Waals surface area contributed by atoms with Gasteiger partial charge in [0, 0.05) is 37.5 Å². The highest BCUT2D eigenvalue weighted by Gasteiger charge is 2.28. The van der Waals surface area contributed by atoms with Crippen molar-refractivity contribution in [2.45, 2.75) is 30.6 Å². The molecule has 3 aromatic heterocycles. The van der Waals surface area contributed by atoms with E-state index in [0.29, 0.717) is 40.6 Å². The second kappa shape index (κ2) is 11.8. The van der Waals surface area contributed by atoms with Gasteiger partial charge in [0.2, 0.25) is 0 Å². The van der Waals surface area contributed by atoms with Crippen LogP contribution in [0.5, 0.6) is 0 Å². The van der Waals surface area contributed by atoms with Crippen molar-refractivity contribution in [3.8, 4) is 11.8 Å². The Balaban J connectivity index is 0.00000337. The van der Waals surface area contributed by atoms with Gasteiger partial charge in [-0.05, 0) is 56.2 Å². The zero-order valence-corrected chi connectivity index (χ0v) is 23.1. The Bertz CT molecular complexity index is 1760. The summed E-state index contributed by atoms with van der Waals surface area (Å²) in [5, 5.41) is 21.3. The van der Waals surface area contributed by atoms with Gasteiger partial charge in [-0.3, -0.25) is 4.79 Å². The summed E-state index contributed by atoms with van der Waals surface area (Å²) in [5.41, 5.74) is 4.17. The van der Waals surface area contributed by atoms with E-state index in [0.717, 1.165) is 29.8 Å². The predicted octanol–water partition coefficient (Wildman–Crippen LogP) is 3.42. The molecule has 12 heteroatoms. The second-order valence-electron chi connectivity index (χ2n) is 9.69. The molecule has 3 N–H and O–H groups in total. The molecule has 0 spiro atoms. The molecule has 2 aromatic carbocycles. The molecule has 1 unspecified atom stereocenters. The molecule has 0 radical (unpaired) electrons. The number of rotatable bonds is 6. The summed E-state index contributed by atoms with van der Waals surface area (Å²) in [6.07, 6.45) is 6.41. The smallest absolute Gasteiger partial charge is 0.262 e. The van der Waals surface area contributed by atoms with Gasteiger partial charge in [0.1, 0.15) is 22.4 Å². The molecule has 1 saturated heterocycles. The molecule has 1 aliphatic heterocycles. The van der Waals surface area contributed by atoms with E-state index in [1.807, 2.05) is 41.6 Å². The van der Waals surface area contributed by atoms with Crippen LogP contribution in [0.2, 0.25) is 0 Å². The molecule has 41 heavy (non-hydrogen) atoms. The Labute approximate surface area is 239 Å². The van der Waals surface area contributed by atoms with Crippen molar-refractivity contribution in [2.24, 2.45) is 0 Å². The molecule has 1 aliphatic rings. The van der Waals surface area contributed by atoms with E-state index in [4.69, 9.17) is 5.10 Å². The second-order valence-corrected chi connectivity index (χ2v) is 11.2. The number of aryl methyl sites for hydroxylation is 1. The van der Waals surface area contributed by atoms with Crippen molar-refractivity contribution in [1.29, 1.82) is 5.26 Å². The molecule has 6 rings (SSSR count). The maximum Gasteiger partial charge on any atom is 0.262 e. The lowest BCUT2D eigenvalue weighted by Gasteiger charge is -2.30. The zero-order valence-electron chi connectivity index (χ0n) is 22.3. The number of nitriles is 1. The van der Waals surface area contributed by atoms with Gasteiger partial charge in [0.15, 0.2) is 5.65 Å². The van der Waals surface area contributed by atoms with Crippen molar-refractivity contribution in [1.82, 2.24) is 28.7 Å². The van der Waals surface area contributed by atoms with Gasteiger partial charge in [0.25, 0.3) is 5.91 Å². The Hall–Kier alpha value is -4.70. The third kappa shape index (κ3) is 5.64. The molecule has 11 nitrogen and oxygen atoms in total. The number of carbonyl (C=O) groups is 1. The Morgan fingerprint density at radius 3 is 2.63 bits per heavy atom. The highest BCUT2D eigenvalue weighted by molar-refractivity contribution is 7.82. The summed E-state index contributed by atoms with van der Waals surface area (Å²) in [5.74, 6) is 0.372. The number of nitrogens with one attached hydrogen (secondary N) is 1. The van der Waals surface area contributed by atoms with Crippen LogP contribution >= 0.6 is 0 Å². The number of hydrogen-bond donors (Lipinski definition) is 1. The first-order chi connectivity index (χ1) is 19.5. The van der Waals surface area contributed by atoms with Gasteiger partial charge < -0.3 is 10.8 Å². The maximum atomic E-state index is 13.3. The van der Waals surface area contributed by atoms with E-state index in [1.165, 1.54) is 6.20 Å². The van der Waals surface area contributed by atoms with Crippen LogP contribution in [-0.4, -0.2) is 57.4 Å². The Kier molecular flexibility index (Phi) is 8.02. The highest BCUT2D eigenvalue weighted by Crippen LogP contribution is 2.32. The molecule has 0 bridgehead atoms. The lowest BCUT2D eigenvalue weighted by Crippen LogP contribution is -2.34. The summed E-state index contributed by atoms with van der Waals surface area (Å²) in [6.45, 7) is 3.27. The van der Waals surface area contributed by atoms with Crippen LogP contribution in [-0.2, 0) is 11.0 Å². The summed E-state index contributed by atoms with van der Waals surface area (Å²) in [6, 6.07) is 20.7. The third-order valence-electron chi connectivity index (χ3n) is 7.04. The maximum absolute atomic E-state index is 13.3. The number of carbonyl (C=O) groups excluding carboxylic acids is 1. The van der Waals surface area contributed by atoms with E-state index in [2.05, 4.69) is 21.5 Å². The summed E-state index contributed by atoms with van der Waals surface area (Å²) in [4.78, 5) is 18.2. The van der Waals surface area contributed by atoms with Crippen LogP contribution in [0.15, 0.2) is 84.1 Å². The summed E-state index contributed by atoms with van der Waals surface area (Å²) >= 11 is 0. The van der Waals surface area contributed by atoms with Gasteiger partial charge in [-0.25, -0.2) is 22.7 Å². The zero-order chi connectivity index (χ0) is 27.6. The van der Waals surface area contributed by atoms with Crippen molar-refractivity contribution in [2.75, 3.05) is 18.4 Å². The number of benzene rings is 2. The topological polar surface area (TPSA) is 153 Å². The number of fused-ring (bicyclic) bond motifs is 1. The lowest BCUT2D eigenvalue weighted by molar-refractivity contribution is 0.102. The predicted molar refractivity (Wildman–Crippen MR) is 154 cm³/mol. The monoisotopic (exact) mass is 568 g/mol. The quantitative estimate of drug-likeness (QED) is 0.331. The van der Waals surface area contributed by atoms with Gasteiger partial charge in [-0.1, -0.05) is 23.8 Å². The van der Waals surface area contributed by atoms with E-state index < -0.39 is 11.0 Å². The molecular weight excluding hydrogens is 540 g/mol. The minimum Gasteiger partial charge on any atom is -0.412 e. The lowest BCUT2D eigenvalue weighted by atomic mass is 9.95. The first-order valence-corrected chi connectivity index (χ1v) is 14.0. The summed E-state index contributed by atoms with van der Waals surface area (Å²) < 4.78 is 18.4. The average molecular weight is 569 g/mol. The minimum atomic E-state index is -1.34. The molecule has 4 heterocycles. The first kappa shape index (κ1) is 27.9. The largest absolute Gasteiger partial charge is 0.412 e. The van der Waals surface area contributed by atoms with E-state index in [1.54, 1.807) is 51.9 Å². The molecule has 0 saturated carbocycles. The molecule has 5 aromatic rings. The number of piperidine rings is 1. The SMILES string of the molecule is Cc1ccc(-n2nc(C3CCN(S(=O)c4cccc(C#N)c4)CC3)cc2NC(=O)c2cnn3cccnc23)cc1.O. The Morgan fingerprint density at radius 1 is 1.10 bits per heavy atom. The normalized spacial score (nSPS) is 14.7.